The third kappa shape index (κ3) is 3.85. The molecule has 1 unspecified atom stereocenters. The maximum absolute atomic E-state index is 12.7. The van der Waals surface area contributed by atoms with Gasteiger partial charge in [-0.25, -0.2) is 0 Å². The summed E-state index contributed by atoms with van der Waals surface area (Å²) in [4.78, 5) is 10.9. The predicted molar refractivity (Wildman–Crippen MR) is 49.1 cm³/mol. The molecule has 0 heterocycles. The van der Waals surface area contributed by atoms with Gasteiger partial charge in [0.15, 0.2) is 12.4 Å². The van der Waals surface area contributed by atoms with E-state index >= 15 is 0 Å². The molecular weight excluding hydrogens is 267 g/mol. The minimum Gasteiger partial charge on any atom is -0.380 e. The summed E-state index contributed by atoms with van der Waals surface area (Å²) in [6.45, 7) is 2.52. The second-order valence-corrected chi connectivity index (χ2v) is 3.16. The first-order chi connectivity index (χ1) is 8.09. The van der Waals surface area contributed by atoms with E-state index in [4.69, 9.17) is 5.11 Å². The number of rotatable bonds is 7. The number of ketones is 1. The van der Waals surface area contributed by atoms with Crippen LogP contribution < -0.4 is 0 Å². The Hall–Kier alpha value is -0.800. The second-order valence-electron chi connectivity index (χ2n) is 3.16. The van der Waals surface area contributed by atoms with Gasteiger partial charge in [0.1, 0.15) is 0 Å². The van der Waals surface area contributed by atoms with Gasteiger partial charge in [0.25, 0.3) is 0 Å². The minimum atomic E-state index is -6.08. The molecule has 18 heavy (non-hydrogen) atoms. The molecule has 0 bridgehead atoms. The molecule has 1 atom stereocenters. The van der Waals surface area contributed by atoms with Crippen LogP contribution in [0, 0.1) is 0 Å². The van der Waals surface area contributed by atoms with Crippen molar-refractivity contribution in [1.29, 1.82) is 0 Å². The zero-order valence-corrected chi connectivity index (χ0v) is 9.63. The molecule has 0 aromatic heterocycles. The molecule has 0 aliphatic carbocycles. The van der Waals surface area contributed by atoms with Gasteiger partial charge in [-0.1, -0.05) is 0 Å². The molecule has 0 aliphatic rings. The van der Waals surface area contributed by atoms with Crippen molar-refractivity contribution in [3.63, 3.8) is 0 Å². The Labute approximate surface area is 99.7 Å². The fraction of sp³-hybridized carbons (Fsp3) is 0.889. The number of hydrogen-bond acceptors (Lipinski definition) is 4. The lowest BCUT2D eigenvalue weighted by atomic mass is 10.1. The Kier molecular flexibility index (Phi) is 6.11. The van der Waals surface area contributed by atoms with Crippen LogP contribution in [0.2, 0.25) is 0 Å². The molecular formula is C9H13F5O4. The average molecular weight is 280 g/mol. The molecule has 0 aliphatic heterocycles. The molecule has 0 aromatic carbocycles. The van der Waals surface area contributed by atoms with Crippen molar-refractivity contribution in [1.82, 2.24) is 0 Å². The van der Waals surface area contributed by atoms with Gasteiger partial charge >= 0.3 is 12.1 Å². The molecule has 9 heteroatoms. The monoisotopic (exact) mass is 280 g/mol. The van der Waals surface area contributed by atoms with Crippen molar-refractivity contribution in [3.05, 3.63) is 0 Å². The molecule has 0 aromatic rings. The first-order valence-electron chi connectivity index (χ1n) is 4.99. The van der Waals surface area contributed by atoms with Gasteiger partial charge in [0, 0.05) is 13.2 Å². The molecule has 0 saturated heterocycles. The van der Waals surface area contributed by atoms with Crippen LogP contribution in [0.15, 0.2) is 0 Å². The maximum atomic E-state index is 12.7. The highest BCUT2D eigenvalue weighted by Crippen LogP contribution is 2.37. The first kappa shape index (κ1) is 17.2. The number of carbonyl (C=O) groups excluding carboxylic acids is 1. The van der Waals surface area contributed by atoms with Crippen molar-refractivity contribution < 1.29 is 41.3 Å². The number of ether oxygens (including phenoxy) is 2. The fourth-order valence-electron chi connectivity index (χ4n) is 1.01. The standard InChI is InChI=1S/C9H13F5O4/c1-3-17-7(18-4-2)5(15)6(16)8(10,11)9(12,13)14/h5,7,15H,3-4H2,1-2H3. The van der Waals surface area contributed by atoms with E-state index in [0.717, 1.165) is 0 Å². The van der Waals surface area contributed by atoms with E-state index in [1.54, 1.807) is 0 Å². The topological polar surface area (TPSA) is 55.8 Å². The van der Waals surface area contributed by atoms with Gasteiger partial charge in [0.05, 0.1) is 0 Å². The van der Waals surface area contributed by atoms with Crippen LogP contribution in [0.25, 0.3) is 0 Å². The number of aliphatic hydroxyl groups excluding tert-OH is 1. The quantitative estimate of drug-likeness (QED) is 0.567. The third-order valence-electron chi connectivity index (χ3n) is 1.85. The summed E-state index contributed by atoms with van der Waals surface area (Å²) in [6.07, 6.45) is -10.7. The van der Waals surface area contributed by atoms with Crippen molar-refractivity contribution in [3.8, 4) is 0 Å². The minimum absolute atomic E-state index is 0.132. The van der Waals surface area contributed by atoms with Crippen LogP contribution in [-0.2, 0) is 14.3 Å². The number of alkyl halides is 5. The van der Waals surface area contributed by atoms with E-state index < -0.39 is 30.3 Å². The van der Waals surface area contributed by atoms with Crippen molar-refractivity contribution >= 4 is 5.78 Å². The molecule has 0 rings (SSSR count). The SMILES string of the molecule is CCOC(OCC)C(O)C(=O)C(F)(F)C(F)(F)F. The summed E-state index contributed by atoms with van der Waals surface area (Å²) in [5.41, 5.74) is 0. The number of Topliss-reactive ketones (excluding diaryl/α,β-unsaturated/α-hetero) is 1. The molecule has 0 amide bonds. The van der Waals surface area contributed by atoms with Crippen LogP contribution in [0.4, 0.5) is 22.0 Å². The predicted octanol–water partition coefficient (Wildman–Crippen LogP) is 1.51. The highest BCUT2D eigenvalue weighted by molar-refractivity contribution is 5.90. The summed E-state index contributed by atoms with van der Waals surface area (Å²) in [6, 6.07) is 0. The van der Waals surface area contributed by atoms with Crippen LogP contribution in [0.3, 0.4) is 0 Å². The van der Waals surface area contributed by atoms with Gasteiger partial charge in [-0.3, -0.25) is 4.79 Å². The van der Waals surface area contributed by atoms with E-state index in [-0.39, 0.29) is 13.2 Å². The Balaban J connectivity index is 4.95. The lowest BCUT2D eigenvalue weighted by molar-refractivity contribution is -0.278. The van der Waals surface area contributed by atoms with E-state index in [9.17, 15) is 26.7 Å². The number of carbonyl (C=O) groups is 1. The Morgan fingerprint density at radius 1 is 1.11 bits per heavy atom. The van der Waals surface area contributed by atoms with Crippen LogP contribution in [0.1, 0.15) is 13.8 Å². The zero-order valence-electron chi connectivity index (χ0n) is 9.63. The molecule has 108 valence electrons. The summed E-state index contributed by atoms with van der Waals surface area (Å²) >= 11 is 0. The normalized spacial score (nSPS) is 14.9. The number of hydrogen-bond donors (Lipinski definition) is 1. The van der Waals surface area contributed by atoms with Gasteiger partial charge < -0.3 is 14.6 Å². The summed E-state index contributed by atoms with van der Waals surface area (Å²) < 4.78 is 70.2. The molecule has 1 N–H and O–H groups in total. The average Bonchev–Trinajstić information content (AvgIpc) is 2.25. The van der Waals surface area contributed by atoms with Crippen molar-refractivity contribution in [2.45, 2.75) is 38.3 Å². The maximum Gasteiger partial charge on any atom is 0.461 e. The van der Waals surface area contributed by atoms with Gasteiger partial charge in [-0.2, -0.15) is 22.0 Å². The third-order valence-corrected chi connectivity index (χ3v) is 1.85. The number of aliphatic hydroxyl groups is 1. The molecule has 0 spiro atoms. The molecule has 0 saturated carbocycles. The largest absolute Gasteiger partial charge is 0.461 e. The Morgan fingerprint density at radius 3 is 1.78 bits per heavy atom. The smallest absolute Gasteiger partial charge is 0.380 e. The van der Waals surface area contributed by atoms with E-state index in [2.05, 4.69) is 9.47 Å². The van der Waals surface area contributed by atoms with Gasteiger partial charge in [-0.15, -0.1) is 0 Å². The van der Waals surface area contributed by atoms with Crippen molar-refractivity contribution in [2.24, 2.45) is 0 Å². The van der Waals surface area contributed by atoms with Gasteiger partial charge in [-0.05, 0) is 13.8 Å². The van der Waals surface area contributed by atoms with Crippen LogP contribution in [0.5, 0.6) is 0 Å². The second kappa shape index (κ2) is 6.39. The highest BCUT2D eigenvalue weighted by atomic mass is 19.4. The summed E-state index contributed by atoms with van der Waals surface area (Å²) in [5.74, 6) is -8.36. The molecule has 0 radical (unpaired) electrons. The summed E-state index contributed by atoms with van der Waals surface area (Å²) in [7, 11) is 0. The lowest BCUT2D eigenvalue weighted by Crippen LogP contribution is -2.53. The first-order valence-corrected chi connectivity index (χ1v) is 4.99. The Bertz CT molecular complexity index is 273. The fourth-order valence-corrected chi connectivity index (χ4v) is 1.01. The number of halogens is 5. The van der Waals surface area contributed by atoms with E-state index in [1.807, 2.05) is 0 Å². The van der Waals surface area contributed by atoms with Gasteiger partial charge in [0.2, 0.25) is 5.78 Å². The van der Waals surface area contributed by atoms with Crippen LogP contribution >= 0.6 is 0 Å². The lowest BCUT2D eigenvalue weighted by Gasteiger charge is -2.25. The van der Waals surface area contributed by atoms with E-state index in [0.29, 0.717) is 0 Å². The highest BCUT2D eigenvalue weighted by Gasteiger charge is 2.65. The Morgan fingerprint density at radius 2 is 1.50 bits per heavy atom. The summed E-state index contributed by atoms with van der Waals surface area (Å²) in [5, 5.41) is 9.16. The van der Waals surface area contributed by atoms with Crippen molar-refractivity contribution in [2.75, 3.05) is 13.2 Å². The van der Waals surface area contributed by atoms with E-state index in [1.165, 1.54) is 13.8 Å². The molecule has 0 fully saturated rings. The zero-order chi connectivity index (χ0) is 14.6. The van der Waals surface area contributed by atoms with Crippen LogP contribution in [-0.4, -0.2) is 48.6 Å². The molecule has 4 nitrogen and oxygen atoms in total.